The molecule has 1 aliphatic heterocycles. The Hall–Kier alpha value is -3.80. The number of halogens is 3. The van der Waals surface area contributed by atoms with Crippen molar-refractivity contribution in [3.05, 3.63) is 65.3 Å². The Kier molecular flexibility index (Phi) is 8.18. The first-order valence-electron chi connectivity index (χ1n) is 10.8. The fourth-order valence-corrected chi connectivity index (χ4v) is 3.60. The number of hydrogen-bond donors (Lipinski definition) is 3. The van der Waals surface area contributed by atoms with Crippen molar-refractivity contribution < 1.29 is 36.7 Å². The van der Waals surface area contributed by atoms with Gasteiger partial charge in [0, 0.05) is 12.2 Å². The van der Waals surface area contributed by atoms with Crippen LogP contribution >= 0.6 is 0 Å². The smallest absolute Gasteiger partial charge is 0.418 e. The average Bonchev–Trinajstić information content (AvgIpc) is 3.33. The molecule has 0 fully saturated rings. The van der Waals surface area contributed by atoms with E-state index in [1.165, 1.54) is 24.5 Å². The topological polar surface area (TPSA) is 113 Å². The molecule has 2 aromatic rings. The van der Waals surface area contributed by atoms with E-state index in [0.29, 0.717) is 12.3 Å². The molecule has 188 valence electrons. The van der Waals surface area contributed by atoms with Gasteiger partial charge in [-0.2, -0.15) is 13.2 Å². The van der Waals surface area contributed by atoms with Crippen molar-refractivity contribution in [3.8, 4) is 0 Å². The zero-order valence-corrected chi connectivity index (χ0v) is 19.1. The first-order chi connectivity index (χ1) is 16.6. The highest BCUT2D eigenvalue weighted by Crippen LogP contribution is 2.34. The maximum Gasteiger partial charge on any atom is 0.418 e. The molecule has 1 aromatic carbocycles. The van der Waals surface area contributed by atoms with E-state index in [2.05, 4.69) is 16.0 Å². The molecule has 3 rings (SSSR count). The summed E-state index contributed by atoms with van der Waals surface area (Å²) in [4.78, 5) is 39.2. The molecule has 0 aliphatic carbocycles. The van der Waals surface area contributed by atoms with Gasteiger partial charge in [0.1, 0.15) is 11.8 Å². The Labute approximate surface area is 199 Å². The molecular weight excluding hydrogens is 469 g/mol. The van der Waals surface area contributed by atoms with Crippen LogP contribution in [0.5, 0.6) is 0 Å². The highest BCUT2D eigenvalue weighted by atomic mass is 19.4. The van der Waals surface area contributed by atoms with E-state index in [9.17, 15) is 27.6 Å². The number of rotatable bonds is 9. The van der Waals surface area contributed by atoms with Crippen molar-refractivity contribution >= 4 is 23.6 Å². The van der Waals surface area contributed by atoms with E-state index in [4.69, 9.17) is 9.15 Å². The molecule has 2 heterocycles. The fraction of sp³-hybridized carbons (Fsp3) is 0.348. The average molecular weight is 494 g/mol. The lowest BCUT2D eigenvalue weighted by molar-refractivity contribution is -0.139. The molecule has 0 spiro atoms. The summed E-state index contributed by atoms with van der Waals surface area (Å²) in [6, 6.07) is 6.35. The zero-order chi connectivity index (χ0) is 25.6. The van der Waals surface area contributed by atoms with Crippen LogP contribution in [0.25, 0.3) is 0 Å². The molecule has 0 bridgehead atoms. The first kappa shape index (κ1) is 25.8. The Balaban J connectivity index is 1.83. The van der Waals surface area contributed by atoms with Crippen LogP contribution in [0.3, 0.4) is 0 Å². The Morgan fingerprint density at radius 1 is 1.17 bits per heavy atom. The zero-order valence-electron chi connectivity index (χ0n) is 19.1. The standard InChI is InChI=1S/C23H25F3N4O5/c1-3-30(13-18(31)27-15-9-6-5-8-14(15)23(24,25)26)12-16-19(21(32)34-4-2)20(29-22(33)28-16)17-10-7-11-35-17/h5-11,20H,3-4,12-13H2,1-2H3,(H,27,31)(H2,28,29,33). The lowest BCUT2D eigenvalue weighted by atomic mass is 10.00. The van der Waals surface area contributed by atoms with E-state index in [1.807, 2.05) is 0 Å². The molecule has 1 aromatic heterocycles. The lowest BCUT2D eigenvalue weighted by Crippen LogP contribution is -2.49. The predicted molar refractivity (Wildman–Crippen MR) is 119 cm³/mol. The number of likely N-dealkylation sites (N-methyl/N-ethyl adjacent to an activating group) is 1. The van der Waals surface area contributed by atoms with Crippen molar-refractivity contribution in [1.29, 1.82) is 0 Å². The summed E-state index contributed by atoms with van der Waals surface area (Å²) in [6.45, 7) is 3.40. The maximum atomic E-state index is 13.2. The van der Waals surface area contributed by atoms with Crippen molar-refractivity contribution in [2.24, 2.45) is 0 Å². The summed E-state index contributed by atoms with van der Waals surface area (Å²) >= 11 is 0. The van der Waals surface area contributed by atoms with Gasteiger partial charge in [-0.3, -0.25) is 9.69 Å². The summed E-state index contributed by atoms with van der Waals surface area (Å²) < 4.78 is 50.3. The number of para-hydroxylation sites is 1. The minimum Gasteiger partial charge on any atom is -0.467 e. The van der Waals surface area contributed by atoms with Crippen LogP contribution in [0.1, 0.15) is 31.2 Å². The third kappa shape index (κ3) is 6.41. The Bertz CT molecular complexity index is 1100. The number of alkyl halides is 3. The summed E-state index contributed by atoms with van der Waals surface area (Å²) in [5.41, 5.74) is -1.03. The molecule has 0 radical (unpaired) electrons. The van der Waals surface area contributed by atoms with E-state index in [-0.39, 0.29) is 36.7 Å². The molecule has 1 unspecified atom stereocenters. The summed E-state index contributed by atoms with van der Waals surface area (Å²) in [5, 5.41) is 7.49. The Morgan fingerprint density at radius 2 is 1.91 bits per heavy atom. The molecule has 0 saturated heterocycles. The minimum atomic E-state index is -4.63. The van der Waals surface area contributed by atoms with Crippen LogP contribution < -0.4 is 16.0 Å². The van der Waals surface area contributed by atoms with Gasteiger partial charge in [-0.05, 0) is 37.7 Å². The number of anilines is 1. The number of benzene rings is 1. The molecule has 35 heavy (non-hydrogen) atoms. The number of carbonyl (C=O) groups is 3. The summed E-state index contributed by atoms with van der Waals surface area (Å²) in [6.07, 6.45) is -3.23. The quantitative estimate of drug-likeness (QED) is 0.461. The second-order valence-corrected chi connectivity index (χ2v) is 7.55. The van der Waals surface area contributed by atoms with Gasteiger partial charge in [-0.25, -0.2) is 9.59 Å². The van der Waals surface area contributed by atoms with E-state index in [1.54, 1.807) is 30.9 Å². The normalized spacial score (nSPS) is 16.1. The number of nitrogens with one attached hydrogen (secondary N) is 3. The number of urea groups is 1. The van der Waals surface area contributed by atoms with Crippen LogP contribution in [0, 0.1) is 0 Å². The highest BCUT2D eigenvalue weighted by molar-refractivity contribution is 5.95. The lowest BCUT2D eigenvalue weighted by Gasteiger charge is -2.30. The van der Waals surface area contributed by atoms with E-state index in [0.717, 1.165) is 6.07 Å². The van der Waals surface area contributed by atoms with Crippen LogP contribution in [-0.4, -0.2) is 49.0 Å². The van der Waals surface area contributed by atoms with Gasteiger partial charge in [0.2, 0.25) is 5.91 Å². The van der Waals surface area contributed by atoms with E-state index >= 15 is 0 Å². The summed E-state index contributed by atoms with van der Waals surface area (Å²) in [5.74, 6) is -1.06. The minimum absolute atomic E-state index is 0.0520. The molecule has 3 amide bonds. The van der Waals surface area contributed by atoms with Crippen molar-refractivity contribution in [2.45, 2.75) is 26.1 Å². The number of hydrogen-bond acceptors (Lipinski definition) is 6. The van der Waals surface area contributed by atoms with Gasteiger partial charge in [-0.1, -0.05) is 19.1 Å². The number of nitrogens with zero attached hydrogens (tertiary/aromatic N) is 1. The van der Waals surface area contributed by atoms with Crippen LogP contribution in [0.15, 0.2) is 58.3 Å². The third-order valence-corrected chi connectivity index (χ3v) is 5.18. The van der Waals surface area contributed by atoms with Crippen molar-refractivity contribution in [2.75, 3.05) is 31.6 Å². The molecule has 1 aliphatic rings. The SMILES string of the molecule is CCOC(=O)C1=C(CN(CC)CC(=O)Nc2ccccc2C(F)(F)F)NC(=O)NC1c1ccco1. The molecule has 0 saturated carbocycles. The number of esters is 1. The van der Waals surface area contributed by atoms with Gasteiger partial charge >= 0.3 is 18.2 Å². The molecule has 12 heteroatoms. The number of furan rings is 1. The predicted octanol–water partition coefficient (Wildman–Crippen LogP) is 3.43. The molecule has 1 atom stereocenters. The Morgan fingerprint density at radius 3 is 2.54 bits per heavy atom. The van der Waals surface area contributed by atoms with Crippen LogP contribution in [0.2, 0.25) is 0 Å². The van der Waals surface area contributed by atoms with Crippen LogP contribution in [0.4, 0.5) is 23.7 Å². The van der Waals surface area contributed by atoms with Crippen molar-refractivity contribution in [3.63, 3.8) is 0 Å². The number of carbonyl (C=O) groups excluding carboxylic acids is 3. The summed E-state index contributed by atoms with van der Waals surface area (Å²) in [7, 11) is 0. The third-order valence-electron chi connectivity index (χ3n) is 5.18. The van der Waals surface area contributed by atoms with Gasteiger partial charge in [-0.15, -0.1) is 0 Å². The first-order valence-corrected chi connectivity index (χ1v) is 10.8. The van der Waals surface area contributed by atoms with Crippen LogP contribution in [-0.2, 0) is 20.5 Å². The van der Waals surface area contributed by atoms with Crippen molar-refractivity contribution in [1.82, 2.24) is 15.5 Å². The van der Waals surface area contributed by atoms with E-state index < -0.39 is 35.7 Å². The monoisotopic (exact) mass is 494 g/mol. The fourth-order valence-electron chi connectivity index (χ4n) is 3.60. The molecule has 9 nitrogen and oxygen atoms in total. The van der Waals surface area contributed by atoms with Gasteiger partial charge in [0.05, 0.1) is 36.2 Å². The van der Waals surface area contributed by atoms with Gasteiger partial charge < -0.3 is 25.1 Å². The largest absolute Gasteiger partial charge is 0.467 e. The second kappa shape index (κ2) is 11.1. The number of amides is 3. The number of ether oxygens (including phenoxy) is 1. The van der Waals surface area contributed by atoms with Gasteiger partial charge in [0.15, 0.2) is 0 Å². The molecule has 3 N–H and O–H groups in total. The maximum absolute atomic E-state index is 13.2. The highest BCUT2D eigenvalue weighted by Gasteiger charge is 2.36. The molecular formula is C23H25F3N4O5. The van der Waals surface area contributed by atoms with Gasteiger partial charge in [0.25, 0.3) is 0 Å². The second-order valence-electron chi connectivity index (χ2n) is 7.55.